The normalized spacial score (nSPS) is 11.3. The Bertz CT molecular complexity index is 486. The minimum Gasteiger partial charge on any atom is -0.469 e. The lowest BCUT2D eigenvalue weighted by Gasteiger charge is -2.20. The zero-order valence-corrected chi connectivity index (χ0v) is 13.4. The number of thioether (sulfide) groups is 1. The average molecular weight is 298 g/mol. The van der Waals surface area contributed by atoms with Gasteiger partial charge in [-0.3, -0.25) is 4.79 Å². The zero-order valence-electron chi connectivity index (χ0n) is 12.6. The van der Waals surface area contributed by atoms with E-state index in [2.05, 4.69) is 20.1 Å². The molecule has 0 unspecified atom stereocenters. The number of carbonyl (C=O) groups excluding carboxylic acids is 1. The van der Waals surface area contributed by atoms with Gasteiger partial charge >= 0.3 is 5.97 Å². The van der Waals surface area contributed by atoms with Gasteiger partial charge in [-0.2, -0.15) is 0 Å². The summed E-state index contributed by atoms with van der Waals surface area (Å²) in [6, 6.07) is 0. The highest BCUT2D eigenvalue weighted by atomic mass is 32.2. The van der Waals surface area contributed by atoms with E-state index in [9.17, 15) is 4.79 Å². The van der Waals surface area contributed by atoms with Crippen LogP contribution in [0.5, 0.6) is 0 Å². The van der Waals surface area contributed by atoms with Gasteiger partial charge in [0.25, 0.3) is 0 Å². The molecule has 0 amide bonds. The fraction of sp³-hybridized carbons (Fsp3) is 0.615. The van der Waals surface area contributed by atoms with Crippen LogP contribution in [0.25, 0.3) is 0 Å². The van der Waals surface area contributed by atoms with Crippen LogP contribution in [0.15, 0.2) is 5.03 Å². The van der Waals surface area contributed by atoms with Gasteiger partial charge in [0, 0.05) is 16.7 Å². The van der Waals surface area contributed by atoms with E-state index in [1.165, 1.54) is 18.9 Å². The highest BCUT2D eigenvalue weighted by Gasteiger charge is 2.21. The quantitative estimate of drug-likeness (QED) is 0.282. The topological polar surface area (TPSA) is 90.1 Å². The molecule has 7 heteroatoms. The Labute approximate surface area is 123 Å². The van der Waals surface area contributed by atoms with Crippen molar-refractivity contribution in [3.8, 4) is 0 Å². The maximum Gasteiger partial charge on any atom is 0.306 e. The van der Waals surface area contributed by atoms with Gasteiger partial charge in [0.15, 0.2) is 0 Å². The third-order valence-corrected chi connectivity index (χ3v) is 3.76. The van der Waals surface area contributed by atoms with Crippen molar-refractivity contribution >= 4 is 23.5 Å². The van der Waals surface area contributed by atoms with Crippen LogP contribution in [0, 0.1) is 6.92 Å². The van der Waals surface area contributed by atoms with E-state index in [0.717, 1.165) is 16.4 Å². The van der Waals surface area contributed by atoms with Crippen LogP contribution in [-0.4, -0.2) is 28.8 Å². The molecule has 1 aromatic heterocycles. The van der Waals surface area contributed by atoms with E-state index in [1.807, 2.05) is 27.7 Å². The number of nitrogens with one attached hydrogen (secondary N) is 1. The molecule has 1 aromatic rings. The van der Waals surface area contributed by atoms with Crippen molar-refractivity contribution in [3.63, 3.8) is 0 Å². The second kappa shape index (κ2) is 6.90. The number of anilines is 1. The molecular weight excluding hydrogens is 276 g/mol. The number of nitrogen functional groups attached to an aromatic ring is 1. The summed E-state index contributed by atoms with van der Waals surface area (Å²) in [6.45, 7) is 8.03. The van der Waals surface area contributed by atoms with Crippen LogP contribution in [0.4, 0.5) is 5.82 Å². The van der Waals surface area contributed by atoms with Crippen molar-refractivity contribution in [3.05, 3.63) is 11.4 Å². The number of ether oxygens (including phenoxy) is 1. The molecule has 0 radical (unpaired) electrons. The van der Waals surface area contributed by atoms with Crippen molar-refractivity contribution in [2.75, 3.05) is 18.3 Å². The lowest BCUT2D eigenvalue weighted by atomic mass is 9.95. The highest BCUT2D eigenvalue weighted by molar-refractivity contribution is 7.99. The predicted octanol–water partition coefficient (Wildman–Crippen LogP) is 2.02. The first-order valence-electron chi connectivity index (χ1n) is 6.35. The number of hydrogen-bond acceptors (Lipinski definition) is 7. The van der Waals surface area contributed by atoms with Crippen LogP contribution in [0.1, 0.15) is 38.6 Å². The molecule has 0 fully saturated rings. The number of nitrogens with two attached hydrogens (primary N) is 1. The lowest BCUT2D eigenvalue weighted by molar-refractivity contribution is -0.140. The molecule has 3 N–H and O–H groups in total. The maximum atomic E-state index is 11.1. The molecular formula is C13H22N4O2S. The third kappa shape index (κ3) is 4.35. The van der Waals surface area contributed by atoms with Gasteiger partial charge in [0.05, 0.1) is 13.5 Å². The largest absolute Gasteiger partial charge is 0.469 e. The summed E-state index contributed by atoms with van der Waals surface area (Å²) in [7, 11) is 1.39. The number of hydrogen-bond donors (Lipinski definition) is 2. The number of esters is 1. The molecule has 112 valence electrons. The van der Waals surface area contributed by atoms with Crippen LogP contribution in [0.3, 0.4) is 0 Å². The second-order valence-electron chi connectivity index (χ2n) is 5.39. The van der Waals surface area contributed by atoms with Crippen LogP contribution in [0.2, 0.25) is 0 Å². The molecule has 1 heterocycles. The van der Waals surface area contributed by atoms with E-state index in [0.29, 0.717) is 18.0 Å². The molecule has 0 aromatic carbocycles. The monoisotopic (exact) mass is 298 g/mol. The van der Waals surface area contributed by atoms with Crippen LogP contribution in [-0.2, 0) is 14.9 Å². The molecule has 0 saturated carbocycles. The summed E-state index contributed by atoms with van der Waals surface area (Å²) in [6.07, 6.45) is 0.348. The summed E-state index contributed by atoms with van der Waals surface area (Å²) in [5, 5.41) is 0.835. The smallest absolute Gasteiger partial charge is 0.306 e. The van der Waals surface area contributed by atoms with E-state index >= 15 is 0 Å². The number of rotatable bonds is 5. The van der Waals surface area contributed by atoms with Crippen molar-refractivity contribution in [2.45, 2.75) is 44.6 Å². The Kier molecular flexibility index (Phi) is 5.76. The minimum absolute atomic E-state index is 0.170. The van der Waals surface area contributed by atoms with Crippen LogP contribution < -0.4 is 11.3 Å². The first kappa shape index (κ1) is 16.7. The molecule has 1 rings (SSSR count). The molecule has 6 nitrogen and oxygen atoms in total. The summed E-state index contributed by atoms with van der Waals surface area (Å²) >= 11 is 1.50. The molecule has 0 bridgehead atoms. The first-order chi connectivity index (χ1) is 9.29. The van der Waals surface area contributed by atoms with Crippen molar-refractivity contribution in [2.24, 2.45) is 5.84 Å². The molecule has 0 saturated heterocycles. The number of aromatic nitrogens is 2. The van der Waals surface area contributed by atoms with Gasteiger partial charge in [-0.15, -0.1) is 11.8 Å². The lowest BCUT2D eigenvalue weighted by Crippen LogP contribution is -2.20. The number of nitrogens with zero attached hydrogens (tertiary/aromatic N) is 2. The van der Waals surface area contributed by atoms with Gasteiger partial charge < -0.3 is 10.2 Å². The second-order valence-corrected chi connectivity index (χ2v) is 6.48. The number of hydrazine groups is 1. The van der Waals surface area contributed by atoms with Crippen molar-refractivity contribution in [1.29, 1.82) is 0 Å². The number of methoxy groups -OCH3 is 1. The van der Waals surface area contributed by atoms with E-state index < -0.39 is 0 Å². The van der Waals surface area contributed by atoms with Crippen molar-refractivity contribution < 1.29 is 9.53 Å². The summed E-state index contributed by atoms with van der Waals surface area (Å²) in [5.74, 6) is 7.23. The van der Waals surface area contributed by atoms with Crippen LogP contribution >= 0.6 is 11.8 Å². The predicted molar refractivity (Wildman–Crippen MR) is 80.6 cm³/mol. The molecule has 20 heavy (non-hydrogen) atoms. The van der Waals surface area contributed by atoms with E-state index in [-0.39, 0.29) is 11.4 Å². The minimum atomic E-state index is -0.225. The molecule has 0 aliphatic heterocycles. The van der Waals surface area contributed by atoms with Crippen molar-refractivity contribution in [1.82, 2.24) is 9.97 Å². The van der Waals surface area contributed by atoms with Gasteiger partial charge in [-0.05, 0) is 6.92 Å². The summed E-state index contributed by atoms with van der Waals surface area (Å²) in [4.78, 5) is 20.1. The zero-order chi connectivity index (χ0) is 15.3. The molecule has 0 spiro atoms. The summed E-state index contributed by atoms with van der Waals surface area (Å²) < 4.78 is 4.62. The Morgan fingerprint density at radius 3 is 2.55 bits per heavy atom. The average Bonchev–Trinajstić information content (AvgIpc) is 2.39. The Balaban J connectivity index is 2.96. The van der Waals surface area contributed by atoms with E-state index in [1.54, 1.807) is 0 Å². The molecule has 0 aliphatic carbocycles. The Morgan fingerprint density at radius 1 is 1.40 bits per heavy atom. The van der Waals surface area contributed by atoms with Gasteiger partial charge in [-0.1, -0.05) is 20.8 Å². The Hall–Kier alpha value is -1.34. The van der Waals surface area contributed by atoms with Gasteiger partial charge in [-0.25, -0.2) is 15.8 Å². The Morgan fingerprint density at radius 2 is 2.05 bits per heavy atom. The third-order valence-electron chi connectivity index (χ3n) is 2.68. The van der Waals surface area contributed by atoms with Gasteiger partial charge in [0.2, 0.25) is 0 Å². The molecule has 0 aliphatic rings. The highest BCUT2D eigenvalue weighted by Crippen LogP contribution is 2.29. The fourth-order valence-electron chi connectivity index (χ4n) is 1.45. The SMILES string of the molecule is COC(=O)CCSc1nc(C(C)(C)C)nc(NN)c1C. The summed E-state index contributed by atoms with van der Waals surface area (Å²) in [5.41, 5.74) is 3.32. The first-order valence-corrected chi connectivity index (χ1v) is 7.33. The standard InChI is InChI=1S/C13H22N4O2S/c1-8-10(17-14)15-12(13(2,3)4)16-11(8)20-7-6-9(18)19-5/h6-7,14H2,1-5H3,(H,15,16,17). The molecule has 0 atom stereocenters. The fourth-order valence-corrected chi connectivity index (χ4v) is 2.37. The van der Waals surface area contributed by atoms with Gasteiger partial charge in [0.1, 0.15) is 16.7 Å². The number of carbonyl (C=O) groups is 1. The van der Waals surface area contributed by atoms with E-state index in [4.69, 9.17) is 5.84 Å². The maximum absolute atomic E-state index is 11.1.